The zero-order valence-electron chi connectivity index (χ0n) is 10.5. The van der Waals surface area contributed by atoms with Gasteiger partial charge in [-0.3, -0.25) is 10.1 Å². The van der Waals surface area contributed by atoms with Crippen LogP contribution in [-0.4, -0.2) is 17.0 Å². The molecule has 0 aromatic carbocycles. The van der Waals surface area contributed by atoms with Crippen LogP contribution in [0.1, 0.15) is 37.8 Å². The molecule has 0 bridgehead atoms. The Kier molecular flexibility index (Phi) is 3.92. The summed E-state index contributed by atoms with van der Waals surface area (Å²) in [5.41, 5.74) is 1.96. The number of nitrogens with zero attached hydrogens (tertiary/aromatic N) is 2. The number of anilines is 1. The average Bonchev–Trinajstić information content (AvgIpc) is 2.67. The van der Waals surface area contributed by atoms with Crippen LogP contribution in [0.5, 0.6) is 0 Å². The van der Waals surface area contributed by atoms with Gasteiger partial charge in [0.15, 0.2) is 0 Å². The van der Waals surface area contributed by atoms with Gasteiger partial charge >= 0.3 is 0 Å². The van der Waals surface area contributed by atoms with Crippen LogP contribution in [0.4, 0.5) is 11.5 Å². The quantitative estimate of drug-likeness (QED) is 0.656. The lowest BCUT2D eigenvalue weighted by molar-refractivity contribution is -0.384. The number of aromatic nitrogens is 1. The van der Waals surface area contributed by atoms with Gasteiger partial charge in [-0.1, -0.05) is 12.5 Å². The van der Waals surface area contributed by atoms with Gasteiger partial charge in [0, 0.05) is 13.1 Å². The number of pyridine rings is 1. The highest BCUT2D eigenvalue weighted by molar-refractivity contribution is 5.66. The number of rotatable bonds is 3. The molecular formula is C13H17N3O2. The number of hydrogen-bond donors (Lipinski definition) is 1. The Morgan fingerprint density at radius 2 is 2.17 bits per heavy atom. The van der Waals surface area contributed by atoms with E-state index in [4.69, 9.17) is 0 Å². The van der Waals surface area contributed by atoms with Crippen molar-refractivity contribution in [2.24, 2.45) is 0 Å². The highest BCUT2D eigenvalue weighted by Crippen LogP contribution is 2.28. The van der Waals surface area contributed by atoms with Gasteiger partial charge < -0.3 is 5.32 Å². The molecule has 0 saturated carbocycles. The molecule has 0 radical (unpaired) electrons. The first-order valence-electron chi connectivity index (χ1n) is 6.24. The molecule has 0 spiro atoms. The largest absolute Gasteiger partial charge is 0.373 e. The molecule has 0 unspecified atom stereocenters. The van der Waals surface area contributed by atoms with Crippen LogP contribution in [-0.2, 0) is 0 Å². The van der Waals surface area contributed by atoms with Crippen LogP contribution in [0, 0.1) is 10.1 Å². The molecule has 2 rings (SSSR count). The van der Waals surface area contributed by atoms with E-state index in [1.807, 2.05) is 0 Å². The maximum Gasteiger partial charge on any atom is 0.275 e. The summed E-state index contributed by atoms with van der Waals surface area (Å²) in [6.07, 6.45) is 7.70. The summed E-state index contributed by atoms with van der Waals surface area (Å²) in [7, 11) is 1.72. The van der Waals surface area contributed by atoms with E-state index in [0.717, 1.165) is 30.5 Å². The monoisotopic (exact) mass is 247 g/mol. The van der Waals surface area contributed by atoms with E-state index in [1.165, 1.54) is 18.9 Å². The average molecular weight is 247 g/mol. The van der Waals surface area contributed by atoms with Gasteiger partial charge in [-0.05, 0) is 31.3 Å². The van der Waals surface area contributed by atoms with Crippen molar-refractivity contribution >= 4 is 17.1 Å². The van der Waals surface area contributed by atoms with Gasteiger partial charge in [-0.25, -0.2) is 4.98 Å². The van der Waals surface area contributed by atoms with Crippen LogP contribution in [0.3, 0.4) is 0 Å². The van der Waals surface area contributed by atoms with Gasteiger partial charge in [0.1, 0.15) is 5.82 Å². The minimum atomic E-state index is -0.372. The predicted molar refractivity (Wildman–Crippen MR) is 71.5 cm³/mol. The van der Waals surface area contributed by atoms with Crippen LogP contribution >= 0.6 is 0 Å². The van der Waals surface area contributed by atoms with Gasteiger partial charge in [0.25, 0.3) is 5.69 Å². The van der Waals surface area contributed by atoms with E-state index < -0.39 is 0 Å². The molecule has 1 heterocycles. The third-order valence-electron chi connectivity index (χ3n) is 3.15. The minimum Gasteiger partial charge on any atom is -0.373 e. The maximum atomic E-state index is 10.9. The lowest BCUT2D eigenvalue weighted by Crippen LogP contribution is -1.99. The van der Waals surface area contributed by atoms with E-state index in [0.29, 0.717) is 5.82 Å². The molecule has 96 valence electrons. The number of hydrogen-bond acceptors (Lipinski definition) is 4. The molecule has 5 heteroatoms. The maximum absolute atomic E-state index is 10.9. The Bertz CT molecular complexity index is 483. The van der Waals surface area contributed by atoms with E-state index in [-0.39, 0.29) is 10.6 Å². The lowest BCUT2D eigenvalue weighted by atomic mass is 10.1. The molecule has 0 saturated heterocycles. The molecule has 5 nitrogen and oxygen atoms in total. The van der Waals surface area contributed by atoms with Crippen molar-refractivity contribution in [2.45, 2.75) is 32.1 Å². The Balaban J connectivity index is 2.39. The van der Waals surface area contributed by atoms with Crippen molar-refractivity contribution < 1.29 is 4.92 Å². The second kappa shape index (κ2) is 5.62. The fourth-order valence-corrected chi connectivity index (χ4v) is 2.16. The summed E-state index contributed by atoms with van der Waals surface area (Å²) in [4.78, 5) is 14.9. The third kappa shape index (κ3) is 2.85. The number of nitrogens with one attached hydrogen (secondary N) is 1. The third-order valence-corrected chi connectivity index (χ3v) is 3.15. The second-order valence-corrected chi connectivity index (χ2v) is 4.43. The molecule has 1 aliphatic rings. The van der Waals surface area contributed by atoms with Gasteiger partial charge in [-0.15, -0.1) is 0 Å². The first-order chi connectivity index (χ1) is 8.70. The zero-order chi connectivity index (χ0) is 13.0. The van der Waals surface area contributed by atoms with E-state index >= 15 is 0 Å². The van der Waals surface area contributed by atoms with E-state index in [1.54, 1.807) is 13.1 Å². The molecule has 1 aliphatic carbocycles. The Labute approximate surface area is 106 Å². The van der Waals surface area contributed by atoms with Crippen LogP contribution in [0.25, 0.3) is 5.57 Å². The summed E-state index contributed by atoms with van der Waals surface area (Å²) in [5, 5.41) is 13.8. The summed E-state index contributed by atoms with van der Waals surface area (Å²) in [6, 6.07) is 3.03. The number of allylic oxidation sites excluding steroid dienone is 2. The van der Waals surface area contributed by atoms with Crippen molar-refractivity contribution in [3.63, 3.8) is 0 Å². The fraction of sp³-hybridized carbons (Fsp3) is 0.462. The predicted octanol–water partition coefficient (Wildman–Crippen LogP) is 3.38. The SMILES string of the molecule is CNc1cc([N+](=O)[O-])cc(C2=CCCCCC2)n1. The molecule has 0 amide bonds. The molecule has 0 fully saturated rings. The molecule has 1 aromatic heterocycles. The first-order valence-corrected chi connectivity index (χ1v) is 6.24. The summed E-state index contributed by atoms with van der Waals surface area (Å²) in [6.45, 7) is 0. The van der Waals surface area contributed by atoms with Crippen molar-refractivity contribution in [2.75, 3.05) is 12.4 Å². The normalized spacial score (nSPS) is 15.7. The molecular weight excluding hydrogens is 230 g/mol. The van der Waals surface area contributed by atoms with Gasteiger partial charge in [-0.2, -0.15) is 0 Å². The summed E-state index contributed by atoms with van der Waals surface area (Å²) >= 11 is 0. The Morgan fingerprint density at radius 3 is 2.89 bits per heavy atom. The molecule has 1 N–H and O–H groups in total. The van der Waals surface area contributed by atoms with Crippen molar-refractivity contribution in [1.82, 2.24) is 4.98 Å². The van der Waals surface area contributed by atoms with Crippen LogP contribution < -0.4 is 5.32 Å². The highest BCUT2D eigenvalue weighted by atomic mass is 16.6. The van der Waals surface area contributed by atoms with Gasteiger partial charge in [0.05, 0.1) is 16.7 Å². The number of nitro groups is 1. The molecule has 18 heavy (non-hydrogen) atoms. The standard InChI is InChI=1S/C13H17N3O2/c1-14-13-9-11(16(17)18)8-12(15-13)10-6-4-2-3-5-7-10/h6,8-9H,2-5,7H2,1H3,(H,14,15). The van der Waals surface area contributed by atoms with Crippen LogP contribution in [0.2, 0.25) is 0 Å². The van der Waals surface area contributed by atoms with Gasteiger partial charge in [0.2, 0.25) is 0 Å². The lowest BCUT2D eigenvalue weighted by Gasteiger charge is -2.07. The summed E-state index contributed by atoms with van der Waals surface area (Å²) in [5.74, 6) is 0.546. The van der Waals surface area contributed by atoms with E-state index in [2.05, 4.69) is 16.4 Å². The first kappa shape index (κ1) is 12.5. The molecule has 1 aromatic rings. The van der Waals surface area contributed by atoms with Crippen molar-refractivity contribution in [1.29, 1.82) is 0 Å². The molecule has 0 aliphatic heterocycles. The second-order valence-electron chi connectivity index (χ2n) is 4.43. The topological polar surface area (TPSA) is 68.1 Å². The Hall–Kier alpha value is -1.91. The van der Waals surface area contributed by atoms with Crippen molar-refractivity contribution in [3.05, 3.63) is 34.0 Å². The summed E-state index contributed by atoms with van der Waals surface area (Å²) < 4.78 is 0. The fourth-order valence-electron chi connectivity index (χ4n) is 2.16. The molecule has 0 atom stereocenters. The van der Waals surface area contributed by atoms with Crippen molar-refractivity contribution in [3.8, 4) is 0 Å². The highest BCUT2D eigenvalue weighted by Gasteiger charge is 2.14. The minimum absolute atomic E-state index is 0.0921. The smallest absolute Gasteiger partial charge is 0.275 e. The van der Waals surface area contributed by atoms with Crippen LogP contribution in [0.15, 0.2) is 18.2 Å². The van der Waals surface area contributed by atoms with E-state index in [9.17, 15) is 10.1 Å². The zero-order valence-corrected chi connectivity index (χ0v) is 10.5. The Morgan fingerprint density at radius 1 is 1.33 bits per heavy atom.